The van der Waals surface area contributed by atoms with Crippen LogP contribution in [0.4, 0.5) is 0 Å². The number of rotatable bonds is 2. The molecule has 0 amide bonds. The third kappa shape index (κ3) is 1.67. The highest BCUT2D eigenvalue weighted by Crippen LogP contribution is 2.29. The highest BCUT2D eigenvalue weighted by molar-refractivity contribution is 5.83. The smallest absolute Gasteiger partial charge is 0.117 e. The molecule has 0 bridgehead atoms. The average molecular weight is 219 g/mol. The maximum Gasteiger partial charge on any atom is 0.117 e. The summed E-state index contributed by atoms with van der Waals surface area (Å²) >= 11 is 0. The van der Waals surface area contributed by atoms with Gasteiger partial charge in [0, 0.05) is 18.0 Å². The van der Waals surface area contributed by atoms with Gasteiger partial charge in [-0.1, -0.05) is 0 Å². The molecule has 3 nitrogen and oxygen atoms in total. The molecular formula is C13H17NO2. The normalized spacial score (nSPS) is 12.2. The fourth-order valence-electron chi connectivity index (χ4n) is 2.09. The Hall–Kier alpha value is -1.48. The quantitative estimate of drug-likeness (QED) is 0.815. The van der Waals surface area contributed by atoms with Gasteiger partial charge in [0.15, 0.2) is 0 Å². The second-order valence-corrected chi connectivity index (χ2v) is 4.58. The summed E-state index contributed by atoms with van der Waals surface area (Å²) in [6, 6.07) is 7.23. The lowest BCUT2D eigenvalue weighted by Crippen LogP contribution is -2.20. The maximum atomic E-state index is 10.1. The van der Waals surface area contributed by atoms with Crippen molar-refractivity contribution in [2.24, 2.45) is 0 Å². The highest BCUT2D eigenvalue weighted by Gasteiger charge is 2.22. The van der Waals surface area contributed by atoms with Crippen LogP contribution in [-0.4, -0.2) is 14.8 Å². The van der Waals surface area contributed by atoms with Crippen LogP contribution in [-0.2, 0) is 12.1 Å². The third-order valence-electron chi connectivity index (χ3n) is 2.83. The first-order valence-corrected chi connectivity index (χ1v) is 5.48. The number of aliphatic hydroxyl groups is 1. The van der Waals surface area contributed by atoms with E-state index in [1.54, 1.807) is 26.0 Å². The van der Waals surface area contributed by atoms with Gasteiger partial charge in [-0.15, -0.1) is 0 Å². The standard InChI is InChI=1S/C13H17NO2/c1-4-14-11-8-10(15)6-5-9(11)7-12(14)13(2,3)16/h5-8,15-16H,4H2,1-3H3. The van der Waals surface area contributed by atoms with Gasteiger partial charge in [0.1, 0.15) is 5.75 Å². The van der Waals surface area contributed by atoms with E-state index in [2.05, 4.69) is 0 Å². The second kappa shape index (κ2) is 3.52. The summed E-state index contributed by atoms with van der Waals surface area (Å²) in [6.07, 6.45) is 0. The van der Waals surface area contributed by atoms with Gasteiger partial charge in [-0.25, -0.2) is 0 Å². The molecule has 2 N–H and O–H groups in total. The Morgan fingerprint density at radius 3 is 2.50 bits per heavy atom. The van der Waals surface area contributed by atoms with Crippen LogP contribution in [0, 0.1) is 0 Å². The molecule has 0 aliphatic rings. The van der Waals surface area contributed by atoms with Crippen molar-refractivity contribution in [1.29, 1.82) is 0 Å². The molecule has 0 saturated carbocycles. The molecule has 16 heavy (non-hydrogen) atoms. The summed E-state index contributed by atoms with van der Waals surface area (Å²) in [7, 11) is 0. The summed E-state index contributed by atoms with van der Waals surface area (Å²) < 4.78 is 2.02. The Bertz CT molecular complexity index is 520. The van der Waals surface area contributed by atoms with Crippen LogP contribution < -0.4 is 0 Å². The number of nitrogens with zero attached hydrogens (tertiary/aromatic N) is 1. The molecule has 1 heterocycles. The fourth-order valence-corrected chi connectivity index (χ4v) is 2.09. The molecule has 0 unspecified atom stereocenters. The van der Waals surface area contributed by atoms with E-state index in [0.29, 0.717) is 0 Å². The molecule has 0 aliphatic heterocycles. The molecule has 0 spiro atoms. The minimum absolute atomic E-state index is 0.252. The first-order chi connectivity index (χ1) is 7.43. The molecule has 2 aromatic rings. The van der Waals surface area contributed by atoms with Gasteiger partial charge in [0.25, 0.3) is 0 Å². The maximum absolute atomic E-state index is 10.1. The second-order valence-electron chi connectivity index (χ2n) is 4.58. The van der Waals surface area contributed by atoms with Crippen LogP contribution in [0.5, 0.6) is 5.75 Å². The molecule has 0 radical (unpaired) electrons. The van der Waals surface area contributed by atoms with Gasteiger partial charge in [-0.2, -0.15) is 0 Å². The molecule has 3 heteroatoms. The molecule has 0 aliphatic carbocycles. The monoisotopic (exact) mass is 219 g/mol. The van der Waals surface area contributed by atoms with Crippen LogP contribution in [0.3, 0.4) is 0 Å². The van der Waals surface area contributed by atoms with Crippen molar-refractivity contribution < 1.29 is 10.2 Å². The topological polar surface area (TPSA) is 45.4 Å². The van der Waals surface area contributed by atoms with Crippen molar-refractivity contribution in [3.05, 3.63) is 30.0 Å². The number of fused-ring (bicyclic) bond motifs is 1. The van der Waals surface area contributed by atoms with Gasteiger partial charge in [-0.3, -0.25) is 0 Å². The number of aromatic hydroxyl groups is 1. The van der Waals surface area contributed by atoms with E-state index < -0.39 is 5.60 Å². The Morgan fingerprint density at radius 1 is 1.25 bits per heavy atom. The number of benzene rings is 1. The summed E-state index contributed by atoms with van der Waals surface area (Å²) in [5, 5.41) is 20.6. The number of aryl methyl sites for hydroxylation is 1. The van der Waals surface area contributed by atoms with Crippen LogP contribution in [0.15, 0.2) is 24.3 Å². The zero-order valence-corrected chi connectivity index (χ0v) is 9.86. The van der Waals surface area contributed by atoms with E-state index >= 15 is 0 Å². The van der Waals surface area contributed by atoms with E-state index in [1.807, 2.05) is 23.6 Å². The zero-order valence-electron chi connectivity index (χ0n) is 9.86. The van der Waals surface area contributed by atoms with E-state index in [4.69, 9.17) is 0 Å². The minimum Gasteiger partial charge on any atom is -0.508 e. The summed E-state index contributed by atoms with van der Waals surface area (Å²) in [5.41, 5.74) is 0.959. The molecule has 86 valence electrons. The molecular weight excluding hydrogens is 202 g/mol. The molecule has 2 rings (SSSR count). The van der Waals surface area contributed by atoms with Gasteiger partial charge < -0.3 is 14.8 Å². The number of phenolic OH excluding ortho intramolecular Hbond substituents is 1. The Balaban J connectivity index is 2.77. The van der Waals surface area contributed by atoms with Crippen LogP contribution in [0.1, 0.15) is 26.5 Å². The van der Waals surface area contributed by atoms with E-state index in [9.17, 15) is 10.2 Å². The summed E-state index contributed by atoms with van der Waals surface area (Å²) in [4.78, 5) is 0. The van der Waals surface area contributed by atoms with Gasteiger partial charge in [0.2, 0.25) is 0 Å². The molecule has 1 aromatic heterocycles. The van der Waals surface area contributed by atoms with E-state index in [0.717, 1.165) is 23.1 Å². The van der Waals surface area contributed by atoms with Crippen molar-refractivity contribution in [3.63, 3.8) is 0 Å². The number of hydrogen-bond acceptors (Lipinski definition) is 2. The van der Waals surface area contributed by atoms with Crippen molar-refractivity contribution in [1.82, 2.24) is 4.57 Å². The van der Waals surface area contributed by atoms with Gasteiger partial charge >= 0.3 is 0 Å². The predicted molar refractivity (Wildman–Crippen MR) is 64.5 cm³/mol. The largest absolute Gasteiger partial charge is 0.508 e. The molecule has 0 atom stereocenters. The van der Waals surface area contributed by atoms with Crippen molar-refractivity contribution in [2.45, 2.75) is 32.9 Å². The third-order valence-corrected chi connectivity index (χ3v) is 2.83. The van der Waals surface area contributed by atoms with Crippen molar-refractivity contribution in [3.8, 4) is 5.75 Å². The first-order valence-electron chi connectivity index (χ1n) is 5.48. The molecule has 1 aromatic carbocycles. The van der Waals surface area contributed by atoms with Crippen LogP contribution in [0.25, 0.3) is 10.9 Å². The zero-order chi connectivity index (χ0) is 11.9. The van der Waals surface area contributed by atoms with Crippen LogP contribution in [0.2, 0.25) is 0 Å². The predicted octanol–water partition coefficient (Wildman–Crippen LogP) is 2.59. The molecule has 0 saturated heterocycles. The first kappa shape index (κ1) is 11.0. The van der Waals surface area contributed by atoms with Crippen molar-refractivity contribution in [2.75, 3.05) is 0 Å². The lowest BCUT2D eigenvalue weighted by Gasteiger charge is -2.20. The lowest BCUT2D eigenvalue weighted by molar-refractivity contribution is 0.0704. The average Bonchev–Trinajstić information content (AvgIpc) is 2.54. The van der Waals surface area contributed by atoms with E-state index in [1.165, 1.54) is 0 Å². The van der Waals surface area contributed by atoms with Gasteiger partial charge in [-0.05, 0) is 39.0 Å². The van der Waals surface area contributed by atoms with Crippen molar-refractivity contribution >= 4 is 10.9 Å². The summed E-state index contributed by atoms with van der Waals surface area (Å²) in [6.45, 7) is 6.34. The Morgan fingerprint density at radius 2 is 1.94 bits per heavy atom. The lowest BCUT2D eigenvalue weighted by atomic mass is 10.1. The number of aromatic nitrogens is 1. The van der Waals surface area contributed by atoms with Crippen LogP contribution >= 0.6 is 0 Å². The Labute approximate surface area is 94.9 Å². The molecule has 0 fully saturated rings. The van der Waals surface area contributed by atoms with E-state index in [-0.39, 0.29) is 5.75 Å². The number of phenols is 1. The fraction of sp³-hybridized carbons (Fsp3) is 0.385. The minimum atomic E-state index is -0.870. The number of hydrogen-bond donors (Lipinski definition) is 2. The highest BCUT2D eigenvalue weighted by atomic mass is 16.3. The van der Waals surface area contributed by atoms with Gasteiger partial charge in [0.05, 0.1) is 16.8 Å². The Kier molecular flexibility index (Phi) is 2.43. The summed E-state index contributed by atoms with van der Waals surface area (Å²) in [5.74, 6) is 0.252. The SMILES string of the molecule is CCn1c(C(C)(C)O)cc2ccc(O)cc21.